The third-order valence-electron chi connectivity index (χ3n) is 1.21. The molecule has 1 aromatic carbocycles. The first-order chi connectivity index (χ1) is 5.13. The Morgan fingerprint density at radius 1 is 1.27 bits per heavy atom. The molecule has 1 aromatic rings. The van der Waals surface area contributed by atoms with Crippen molar-refractivity contribution < 1.29 is 4.21 Å². The molecule has 0 saturated carbocycles. The fourth-order valence-electron chi connectivity index (χ4n) is 0.757. The molecule has 0 unspecified atom stereocenters. The SMILES string of the molecule is C[S@@](=O)c1c(Cl)cccc1Cl. The van der Waals surface area contributed by atoms with Crippen molar-refractivity contribution in [2.75, 3.05) is 6.26 Å². The molecule has 0 radical (unpaired) electrons. The second-order valence-electron chi connectivity index (χ2n) is 2.00. The lowest BCUT2D eigenvalue weighted by molar-refractivity contribution is 0.687. The van der Waals surface area contributed by atoms with Gasteiger partial charge in [-0.15, -0.1) is 0 Å². The van der Waals surface area contributed by atoms with Crippen LogP contribution in [0.15, 0.2) is 23.1 Å². The van der Waals surface area contributed by atoms with Gasteiger partial charge in [-0.05, 0) is 12.1 Å². The third-order valence-corrected chi connectivity index (χ3v) is 3.08. The Kier molecular flexibility index (Phi) is 2.93. The van der Waals surface area contributed by atoms with Crippen LogP contribution < -0.4 is 0 Å². The lowest BCUT2D eigenvalue weighted by Crippen LogP contribution is -1.89. The number of hydrogen-bond acceptors (Lipinski definition) is 1. The Morgan fingerprint density at radius 2 is 1.73 bits per heavy atom. The molecule has 0 aliphatic rings. The molecule has 0 N–H and O–H groups in total. The number of benzene rings is 1. The largest absolute Gasteiger partial charge is 0.255 e. The monoisotopic (exact) mass is 208 g/mol. The van der Waals surface area contributed by atoms with E-state index in [1.807, 2.05) is 0 Å². The minimum Gasteiger partial charge on any atom is -0.255 e. The number of hydrogen-bond donors (Lipinski definition) is 0. The van der Waals surface area contributed by atoms with Crippen molar-refractivity contribution in [2.24, 2.45) is 0 Å². The average Bonchev–Trinajstić information content (AvgIpc) is 1.85. The Hall–Kier alpha value is -0.0500. The summed E-state index contributed by atoms with van der Waals surface area (Å²) in [5.41, 5.74) is 0. The van der Waals surface area contributed by atoms with E-state index < -0.39 is 10.8 Å². The highest BCUT2D eigenvalue weighted by Crippen LogP contribution is 2.26. The van der Waals surface area contributed by atoms with E-state index in [1.165, 1.54) is 0 Å². The predicted molar refractivity (Wildman–Crippen MR) is 48.8 cm³/mol. The van der Waals surface area contributed by atoms with E-state index in [1.54, 1.807) is 24.5 Å². The van der Waals surface area contributed by atoms with Gasteiger partial charge in [-0.25, -0.2) is 0 Å². The summed E-state index contributed by atoms with van der Waals surface area (Å²) in [6.07, 6.45) is 1.55. The summed E-state index contributed by atoms with van der Waals surface area (Å²) in [5, 5.41) is 0.914. The highest BCUT2D eigenvalue weighted by molar-refractivity contribution is 7.84. The van der Waals surface area contributed by atoms with Gasteiger partial charge in [-0.1, -0.05) is 29.3 Å². The minimum atomic E-state index is -1.12. The molecule has 0 aliphatic heterocycles. The van der Waals surface area contributed by atoms with Gasteiger partial charge >= 0.3 is 0 Å². The molecule has 0 spiro atoms. The average molecular weight is 209 g/mol. The first-order valence-electron chi connectivity index (χ1n) is 2.90. The maximum Gasteiger partial charge on any atom is 0.0757 e. The topological polar surface area (TPSA) is 17.1 Å². The summed E-state index contributed by atoms with van der Waals surface area (Å²) in [7, 11) is -1.12. The molecule has 0 aliphatic carbocycles. The van der Waals surface area contributed by atoms with Gasteiger partial charge in [-0.3, -0.25) is 4.21 Å². The molecule has 0 saturated heterocycles. The van der Waals surface area contributed by atoms with Crippen LogP contribution in [-0.2, 0) is 10.8 Å². The van der Waals surface area contributed by atoms with E-state index in [-0.39, 0.29) is 0 Å². The van der Waals surface area contributed by atoms with Gasteiger partial charge in [0, 0.05) is 6.26 Å². The van der Waals surface area contributed by atoms with Crippen LogP contribution in [0.5, 0.6) is 0 Å². The molecule has 1 rings (SSSR count). The Labute approximate surface area is 77.8 Å². The Morgan fingerprint density at radius 3 is 2.00 bits per heavy atom. The lowest BCUT2D eigenvalue weighted by atomic mass is 10.4. The standard InChI is InChI=1S/C7H6Cl2OS/c1-11(10)7-5(8)3-2-4-6(7)9/h2-4H,1H3/t11-/m1/s1. The van der Waals surface area contributed by atoms with Crippen molar-refractivity contribution in [1.82, 2.24) is 0 Å². The van der Waals surface area contributed by atoms with Crippen molar-refractivity contribution in [3.63, 3.8) is 0 Å². The second kappa shape index (κ2) is 3.57. The van der Waals surface area contributed by atoms with Crippen LogP contribution in [0, 0.1) is 0 Å². The number of halogens is 2. The van der Waals surface area contributed by atoms with Gasteiger partial charge in [-0.2, -0.15) is 0 Å². The highest BCUT2D eigenvalue weighted by Gasteiger charge is 2.07. The van der Waals surface area contributed by atoms with Gasteiger partial charge in [0.2, 0.25) is 0 Å². The fraction of sp³-hybridized carbons (Fsp3) is 0.143. The van der Waals surface area contributed by atoms with E-state index in [9.17, 15) is 4.21 Å². The predicted octanol–water partition coefficient (Wildman–Crippen LogP) is 2.73. The molecule has 0 fully saturated rings. The molecule has 60 valence electrons. The summed E-state index contributed by atoms with van der Waals surface area (Å²) < 4.78 is 11.0. The van der Waals surface area contributed by atoms with Crippen molar-refractivity contribution in [3.8, 4) is 0 Å². The summed E-state index contributed by atoms with van der Waals surface area (Å²) in [6, 6.07) is 5.06. The van der Waals surface area contributed by atoms with E-state index in [0.717, 1.165) is 0 Å². The molecule has 11 heavy (non-hydrogen) atoms. The molecular weight excluding hydrogens is 203 g/mol. The first kappa shape index (κ1) is 9.04. The van der Waals surface area contributed by atoms with Crippen LogP contribution in [0.4, 0.5) is 0 Å². The van der Waals surface area contributed by atoms with Gasteiger partial charge < -0.3 is 0 Å². The van der Waals surface area contributed by atoms with Crippen molar-refractivity contribution in [3.05, 3.63) is 28.2 Å². The summed E-state index contributed by atoms with van der Waals surface area (Å²) in [4.78, 5) is 0.510. The summed E-state index contributed by atoms with van der Waals surface area (Å²) in [6.45, 7) is 0. The van der Waals surface area contributed by atoms with Crippen LogP contribution >= 0.6 is 23.2 Å². The molecule has 1 nitrogen and oxygen atoms in total. The number of rotatable bonds is 1. The molecule has 4 heteroatoms. The molecule has 0 heterocycles. The zero-order valence-electron chi connectivity index (χ0n) is 5.80. The van der Waals surface area contributed by atoms with Crippen LogP contribution in [0.25, 0.3) is 0 Å². The van der Waals surface area contributed by atoms with Crippen LogP contribution in [0.3, 0.4) is 0 Å². The summed E-state index contributed by atoms with van der Waals surface area (Å²) >= 11 is 11.5. The molecular formula is C7H6Cl2OS. The summed E-state index contributed by atoms with van der Waals surface area (Å²) in [5.74, 6) is 0. The quantitative estimate of drug-likeness (QED) is 0.694. The van der Waals surface area contributed by atoms with Crippen LogP contribution in [0.2, 0.25) is 10.0 Å². The molecule has 0 amide bonds. The van der Waals surface area contributed by atoms with Gasteiger partial charge in [0.15, 0.2) is 0 Å². The van der Waals surface area contributed by atoms with Crippen LogP contribution in [-0.4, -0.2) is 10.5 Å². The second-order valence-corrected chi connectivity index (χ2v) is 4.14. The van der Waals surface area contributed by atoms with E-state index in [4.69, 9.17) is 23.2 Å². The van der Waals surface area contributed by atoms with Gasteiger partial charge in [0.1, 0.15) is 0 Å². The molecule has 0 aromatic heterocycles. The normalized spacial score (nSPS) is 13.0. The van der Waals surface area contributed by atoms with Crippen molar-refractivity contribution in [2.45, 2.75) is 4.90 Å². The zero-order chi connectivity index (χ0) is 8.43. The Bertz CT molecular complexity index is 278. The van der Waals surface area contributed by atoms with E-state index >= 15 is 0 Å². The third kappa shape index (κ3) is 1.95. The molecule has 1 atom stereocenters. The van der Waals surface area contributed by atoms with E-state index in [2.05, 4.69) is 0 Å². The maximum absolute atomic E-state index is 11.0. The minimum absolute atomic E-state index is 0.457. The van der Waals surface area contributed by atoms with Crippen molar-refractivity contribution >= 4 is 34.0 Å². The molecule has 0 bridgehead atoms. The van der Waals surface area contributed by atoms with E-state index in [0.29, 0.717) is 14.9 Å². The Balaban J connectivity index is 3.32. The van der Waals surface area contributed by atoms with Gasteiger partial charge in [0.25, 0.3) is 0 Å². The lowest BCUT2D eigenvalue weighted by Gasteiger charge is -2.01. The van der Waals surface area contributed by atoms with Gasteiger partial charge in [0.05, 0.1) is 25.7 Å². The van der Waals surface area contributed by atoms with Crippen LogP contribution in [0.1, 0.15) is 0 Å². The van der Waals surface area contributed by atoms with Crippen molar-refractivity contribution in [1.29, 1.82) is 0 Å². The first-order valence-corrected chi connectivity index (χ1v) is 5.22. The maximum atomic E-state index is 11.0. The fourth-order valence-corrected chi connectivity index (χ4v) is 2.49. The highest BCUT2D eigenvalue weighted by atomic mass is 35.5. The smallest absolute Gasteiger partial charge is 0.0757 e. The zero-order valence-corrected chi connectivity index (χ0v) is 8.13.